The fourth-order valence-electron chi connectivity index (χ4n) is 5.34. The molecule has 1 aromatic carbocycles. The van der Waals surface area contributed by atoms with Gasteiger partial charge in [0.15, 0.2) is 0 Å². The van der Waals surface area contributed by atoms with Gasteiger partial charge in [-0.25, -0.2) is 0 Å². The molecule has 108 valence electrons. The lowest BCUT2D eigenvalue weighted by molar-refractivity contribution is -0.154. The molecular formula is C18H13NO3. The van der Waals surface area contributed by atoms with Crippen molar-refractivity contribution in [2.75, 3.05) is 0 Å². The number of carbonyl (C=O) groups is 2. The Morgan fingerprint density at radius 1 is 0.955 bits per heavy atom. The Bertz CT molecular complexity index is 739. The van der Waals surface area contributed by atoms with Crippen molar-refractivity contribution >= 4 is 11.9 Å². The van der Waals surface area contributed by atoms with Gasteiger partial charge in [0.05, 0.1) is 23.3 Å². The summed E-state index contributed by atoms with van der Waals surface area (Å²) in [7, 11) is 0. The lowest BCUT2D eigenvalue weighted by Crippen LogP contribution is -2.40. The summed E-state index contributed by atoms with van der Waals surface area (Å²) in [6.45, 7) is 0. The molecule has 3 fully saturated rings. The van der Waals surface area contributed by atoms with Crippen molar-refractivity contribution in [1.29, 1.82) is 5.26 Å². The van der Waals surface area contributed by atoms with Crippen LogP contribution in [0.4, 0.5) is 0 Å². The molecule has 0 aromatic heterocycles. The van der Waals surface area contributed by atoms with E-state index in [1.165, 1.54) is 0 Å². The Labute approximate surface area is 127 Å². The van der Waals surface area contributed by atoms with Crippen molar-refractivity contribution in [1.82, 2.24) is 0 Å². The summed E-state index contributed by atoms with van der Waals surface area (Å²) in [5, 5.41) is 9.92. The average molecular weight is 291 g/mol. The van der Waals surface area contributed by atoms with Gasteiger partial charge in [-0.2, -0.15) is 5.26 Å². The molecular weight excluding hydrogens is 278 g/mol. The standard InChI is InChI=1S/C18H13NO3/c19-8-18(9-4-2-1-3-5-9)14-10-6-7-11(15(14)18)13-12(10)16(20)22-17(13)21/h1-7,10-15H. The number of hydrogen-bond acceptors (Lipinski definition) is 4. The summed E-state index contributed by atoms with van der Waals surface area (Å²) in [5.41, 5.74) is 0.442. The number of ether oxygens (including phenoxy) is 1. The molecule has 5 aliphatic rings. The Hall–Kier alpha value is -2.41. The van der Waals surface area contributed by atoms with Gasteiger partial charge in [0.25, 0.3) is 0 Å². The van der Waals surface area contributed by atoms with Gasteiger partial charge >= 0.3 is 11.9 Å². The Balaban J connectivity index is 1.65. The Kier molecular flexibility index (Phi) is 2.03. The smallest absolute Gasteiger partial charge is 0.318 e. The molecule has 4 aliphatic carbocycles. The molecule has 2 saturated carbocycles. The quantitative estimate of drug-likeness (QED) is 0.450. The summed E-state index contributed by atoms with van der Waals surface area (Å²) in [5.74, 6) is -1.45. The summed E-state index contributed by atoms with van der Waals surface area (Å²) in [6.07, 6.45) is 4.07. The molecule has 4 heteroatoms. The summed E-state index contributed by atoms with van der Waals surface area (Å²) in [6, 6.07) is 12.3. The highest BCUT2D eigenvalue weighted by molar-refractivity contribution is 5.98. The van der Waals surface area contributed by atoms with Crippen LogP contribution in [0.2, 0.25) is 0 Å². The second-order valence-electron chi connectivity index (χ2n) is 6.73. The van der Waals surface area contributed by atoms with Crippen molar-refractivity contribution in [3.05, 3.63) is 48.0 Å². The molecule has 0 N–H and O–H groups in total. The van der Waals surface area contributed by atoms with Crippen LogP contribution in [0.1, 0.15) is 5.56 Å². The van der Waals surface area contributed by atoms with Gasteiger partial charge in [-0.15, -0.1) is 0 Å². The summed E-state index contributed by atoms with van der Waals surface area (Å²) >= 11 is 0. The lowest BCUT2D eigenvalue weighted by Gasteiger charge is -2.36. The second kappa shape index (κ2) is 3.67. The SMILES string of the molecule is N#CC1(c2ccccc2)C2C3C=CC(C4C(=O)OC(=O)C34)C21. The number of benzene rings is 1. The van der Waals surface area contributed by atoms with E-state index in [0.29, 0.717) is 0 Å². The van der Waals surface area contributed by atoms with Crippen molar-refractivity contribution in [3.8, 4) is 6.07 Å². The average Bonchev–Trinajstić information content (AvgIpc) is 3.18. The Morgan fingerprint density at radius 3 is 2.00 bits per heavy atom. The molecule has 6 unspecified atom stereocenters. The van der Waals surface area contributed by atoms with E-state index in [-0.39, 0.29) is 35.5 Å². The fourth-order valence-corrected chi connectivity index (χ4v) is 5.34. The first kappa shape index (κ1) is 12.2. The first-order valence-electron chi connectivity index (χ1n) is 7.61. The first-order chi connectivity index (χ1) is 10.7. The third-order valence-electron chi connectivity index (χ3n) is 6.11. The number of nitriles is 1. The van der Waals surface area contributed by atoms with Gasteiger partial charge in [0.2, 0.25) is 0 Å². The van der Waals surface area contributed by atoms with Crippen molar-refractivity contribution in [2.45, 2.75) is 5.41 Å². The van der Waals surface area contributed by atoms with Crippen LogP contribution in [0.25, 0.3) is 0 Å². The molecule has 6 atom stereocenters. The van der Waals surface area contributed by atoms with Crippen LogP contribution in [0, 0.1) is 46.8 Å². The maximum Gasteiger partial charge on any atom is 0.318 e. The fraction of sp³-hybridized carbons (Fsp3) is 0.389. The summed E-state index contributed by atoms with van der Waals surface area (Å²) in [4.78, 5) is 24.1. The normalized spacial score (nSPS) is 46.7. The van der Waals surface area contributed by atoms with Crippen molar-refractivity contribution in [2.24, 2.45) is 35.5 Å². The van der Waals surface area contributed by atoms with E-state index >= 15 is 0 Å². The van der Waals surface area contributed by atoms with E-state index in [1.54, 1.807) is 0 Å². The molecule has 0 amide bonds. The molecule has 22 heavy (non-hydrogen) atoms. The second-order valence-corrected chi connectivity index (χ2v) is 6.73. The maximum absolute atomic E-state index is 12.0. The third-order valence-corrected chi connectivity index (χ3v) is 6.11. The monoisotopic (exact) mass is 291 g/mol. The van der Waals surface area contributed by atoms with Gasteiger partial charge in [-0.3, -0.25) is 9.59 Å². The highest BCUT2D eigenvalue weighted by Gasteiger charge is 2.79. The van der Waals surface area contributed by atoms with Crippen LogP contribution in [0.15, 0.2) is 42.5 Å². The third kappa shape index (κ3) is 1.13. The molecule has 1 aromatic rings. The van der Waals surface area contributed by atoms with Crippen LogP contribution < -0.4 is 0 Å². The predicted octanol–water partition coefficient (Wildman–Crippen LogP) is 1.83. The maximum atomic E-state index is 12.0. The molecule has 1 aliphatic heterocycles. The number of esters is 2. The van der Waals surface area contributed by atoms with Crippen LogP contribution in [0.5, 0.6) is 0 Å². The largest absolute Gasteiger partial charge is 0.393 e. The minimum absolute atomic E-state index is 0.0567. The van der Waals surface area contributed by atoms with Gasteiger partial charge in [-0.1, -0.05) is 42.5 Å². The van der Waals surface area contributed by atoms with E-state index in [2.05, 4.69) is 6.07 Å². The van der Waals surface area contributed by atoms with Crippen LogP contribution in [0.3, 0.4) is 0 Å². The topological polar surface area (TPSA) is 67.2 Å². The minimum atomic E-state index is -0.564. The number of cyclic esters (lactones) is 2. The van der Waals surface area contributed by atoms with E-state index in [0.717, 1.165) is 5.56 Å². The van der Waals surface area contributed by atoms with Crippen LogP contribution in [-0.4, -0.2) is 11.9 Å². The lowest BCUT2D eigenvalue weighted by atomic mass is 9.63. The Morgan fingerprint density at radius 2 is 1.50 bits per heavy atom. The zero-order valence-electron chi connectivity index (χ0n) is 11.7. The van der Waals surface area contributed by atoms with Crippen molar-refractivity contribution < 1.29 is 14.3 Å². The first-order valence-corrected chi connectivity index (χ1v) is 7.61. The van der Waals surface area contributed by atoms with Gasteiger partial charge < -0.3 is 4.74 Å². The van der Waals surface area contributed by atoms with E-state index in [9.17, 15) is 14.9 Å². The molecule has 1 saturated heterocycles. The predicted molar refractivity (Wildman–Crippen MR) is 74.9 cm³/mol. The van der Waals surface area contributed by atoms with E-state index in [1.807, 2.05) is 42.5 Å². The summed E-state index contributed by atoms with van der Waals surface area (Å²) < 4.78 is 4.86. The van der Waals surface area contributed by atoms with E-state index in [4.69, 9.17) is 4.74 Å². The zero-order chi connectivity index (χ0) is 15.1. The zero-order valence-corrected chi connectivity index (χ0v) is 11.7. The molecule has 4 nitrogen and oxygen atoms in total. The van der Waals surface area contributed by atoms with Crippen LogP contribution >= 0.6 is 0 Å². The number of allylic oxidation sites excluding steroid dienone is 2. The minimum Gasteiger partial charge on any atom is -0.393 e. The number of carbonyl (C=O) groups excluding carboxylic acids is 2. The number of nitrogens with zero attached hydrogens (tertiary/aromatic N) is 1. The molecule has 2 bridgehead atoms. The molecule has 0 radical (unpaired) electrons. The van der Waals surface area contributed by atoms with Gasteiger partial charge in [-0.05, 0) is 29.2 Å². The van der Waals surface area contributed by atoms with Gasteiger partial charge in [0.1, 0.15) is 0 Å². The van der Waals surface area contributed by atoms with Crippen molar-refractivity contribution in [3.63, 3.8) is 0 Å². The van der Waals surface area contributed by atoms with Crippen LogP contribution in [-0.2, 0) is 19.7 Å². The number of rotatable bonds is 1. The highest BCUT2D eigenvalue weighted by atomic mass is 16.6. The molecule has 0 spiro atoms. The highest BCUT2D eigenvalue weighted by Crippen LogP contribution is 2.74. The molecule has 1 heterocycles. The molecule has 6 rings (SSSR count). The number of hydrogen-bond donors (Lipinski definition) is 0. The van der Waals surface area contributed by atoms with Gasteiger partial charge in [0, 0.05) is 0 Å². The van der Waals surface area contributed by atoms with E-state index < -0.39 is 17.4 Å².